The Morgan fingerprint density at radius 1 is 1.13 bits per heavy atom. The van der Waals surface area contributed by atoms with Crippen LogP contribution in [-0.2, 0) is 0 Å². The molecule has 2 aromatic rings. The van der Waals surface area contributed by atoms with E-state index in [4.69, 9.17) is 0 Å². The molecule has 23 heavy (non-hydrogen) atoms. The molecule has 0 radical (unpaired) electrons. The van der Waals surface area contributed by atoms with Crippen LogP contribution in [-0.4, -0.2) is 54.1 Å². The highest BCUT2D eigenvalue weighted by Gasteiger charge is 2.12. The van der Waals surface area contributed by atoms with E-state index in [2.05, 4.69) is 20.8 Å². The molecule has 0 spiro atoms. The third-order valence-electron chi connectivity index (χ3n) is 2.97. The largest absolute Gasteiger partial charge is 0.351 e. The summed E-state index contributed by atoms with van der Waals surface area (Å²) in [5.41, 5.74) is 1.15. The maximum Gasteiger partial charge on any atom is 0.286 e. The molecule has 7 nitrogen and oxygen atoms in total. The Bertz CT molecular complexity index is 681. The summed E-state index contributed by atoms with van der Waals surface area (Å²) in [6.45, 7) is 3.15. The smallest absolute Gasteiger partial charge is 0.286 e. The molecular weight excluding hydrogens is 314 g/mol. The van der Waals surface area contributed by atoms with Gasteiger partial charge in [0.2, 0.25) is 5.01 Å². The summed E-state index contributed by atoms with van der Waals surface area (Å²) in [4.78, 5) is 25.9. The molecule has 0 aliphatic carbocycles. The molecule has 2 amide bonds. The molecule has 0 unspecified atom stereocenters. The van der Waals surface area contributed by atoms with Crippen LogP contribution in [0.5, 0.6) is 0 Å². The van der Waals surface area contributed by atoms with Crippen molar-refractivity contribution in [2.24, 2.45) is 0 Å². The highest BCUT2D eigenvalue weighted by molar-refractivity contribution is 7.13. The van der Waals surface area contributed by atoms with Gasteiger partial charge in [-0.3, -0.25) is 9.59 Å². The number of anilines is 1. The Kier molecular flexibility index (Phi) is 5.78. The lowest BCUT2D eigenvalue weighted by Gasteiger charge is -2.10. The monoisotopic (exact) mass is 333 g/mol. The van der Waals surface area contributed by atoms with Crippen LogP contribution in [0.25, 0.3) is 0 Å². The lowest BCUT2D eigenvalue weighted by atomic mass is 10.2. The van der Waals surface area contributed by atoms with Crippen molar-refractivity contribution in [3.05, 3.63) is 39.8 Å². The molecular formula is C15H19N5O2S. The van der Waals surface area contributed by atoms with Crippen LogP contribution in [0.1, 0.15) is 25.2 Å². The van der Waals surface area contributed by atoms with Crippen molar-refractivity contribution in [1.29, 1.82) is 0 Å². The Morgan fingerprint density at radius 2 is 1.83 bits per heavy atom. The third kappa shape index (κ3) is 5.11. The van der Waals surface area contributed by atoms with E-state index in [1.165, 1.54) is 11.3 Å². The molecule has 0 saturated heterocycles. The fourth-order valence-corrected chi connectivity index (χ4v) is 2.36. The fraction of sp³-hybridized carbons (Fsp3) is 0.333. The second-order valence-corrected chi connectivity index (χ2v) is 6.40. The van der Waals surface area contributed by atoms with Crippen LogP contribution in [0.2, 0.25) is 0 Å². The quantitative estimate of drug-likeness (QED) is 0.834. The van der Waals surface area contributed by atoms with Gasteiger partial charge in [-0.1, -0.05) is 11.3 Å². The predicted molar refractivity (Wildman–Crippen MR) is 89.9 cm³/mol. The maximum atomic E-state index is 12.0. The molecule has 1 heterocycles. The van der Waals surface area contributed by atoms with Crippen molar-refractivity contribution in [3.8, 4) is 0 Å². The summed E-state index contributed by atoms with van der Waals surface area (Å²) in [5, 5.41) is 14.2. The van der Waals surface area contributed by atoms with Gasteiger partial charge >= 0.3 is 0 Å². The molecule has 122 valence electrons. The highest BCUT2D eigenvalue weighted by Crippen LogP contribution is 2.13. The van der Waals surface area contributed by atoms with Crippen LogP contribution < -0.4 is 10.6 Å². The van der Waals surface area contributed by atoms with Gasteiger partial charge in [0.1, 0.15) is 5.01 Å². The van der Waals surface area contributed by atoms with Gasteiger partial charge in [-0.2, -0.15) is 0 Å². The summed E-state index contributed by atoms with van der Waals surface area (Å²) >= 11 is 1.23. The average Bonchev–Trinajstić information content (AvgIpc) is 2.94. The lowest BCUT2D eigenvalue weighted by Crippen LogP contribution is -2.31. The zero-order valence-corrected chi connectivity index (χ0v) is 14.1. The fourth-order valence-electron chi connectivity index (χ4n) is 1.77. The van der Waals surface area contributed by atoms with Crippen molar-refractivity contribution in [1.82, 2.24) is 20.4 Å². The first-order chi connectivity index (χ1) is 11.0. The van der Waals surface area contributed by atoms with Gasteiger partial charge in [-0.25, -0.2) is 0 Å². The van der Waals surface area contributed by atoms with Crippen LogP contribution in [0.15, 0.2) is 24.3 Å². The minimum absolute atomic E-state index is 0.135. The number of aromatic nitrogens is 2. The molecule has 0 aliphatic rings. The van der Waals surface area contributed by atoms with Gasteiger partial charge in [-0.05, 0) is 45.3 Å². The van der Waals surface area contributed by atoms with Gasteiger partial charge in [0.05, 0.1) is 0 Å². The van der Waals surface area contributed by atoms with Crippen molar-refractivity contribution in [2.75, 3.05) is 32.5 Å². The van der Waals surface area contributed by atoms with E-state index in [-0.39, 0.29) is 11.8 Å². The van der Waals surface area contributed by atoms with Gasteiger partial charge in [0, 0.05) is 24.3 Å². The molecule has 1 aromatic heterocycles. The topological polar surface area (TPSA) is 87.2 Å². The number of carbonyl (C=O) groups excluding carboxylic acids is 2. The van der Waals surface area contributed by atoms with Crippen LogP contribution in [0, 0.1) is 6.92 Å². The van der Waals surface area contributed by atoms with Crippen molar-refractivity contribution < 1.29 is 9.59 Å². The van der Waals surface area contributed by atoms with Gasteiger partial charge in [0.25, 0.3) is 11.8 Å². The number of rotatable bonds is 6. The molecule has 0 bridgehead atoms. The first-order valence-electron chi connectivity index (χ1n) is 7.10. The SMILES string of the molecule is Cc1nnc(C(=O)Nc2ccc(C(=O)NCCN(C)C)cc2)s1. The number of nitrogens with one attached hydrogen (secondary N) is 2. The molecule has 8 heteroatoms. The molecule has 0 atom stereocenters. The first-order valence-corrected chi connectivity index (χ1v) is 7.92. The number of hydrogen-bond acceptors (Lipinski definition) is 6. The van der Waals surface area contributed by atoms with Crippen LogP contribution in [0.4, 0.5) is 5.69 Å². The summed E-state index contributed by atoms with van der Waals surface area (Å²) in [6.07, 6.45) is 0. The maximum absolute atomic E-state index is 12.0. The first kappa shape index (κ1) is 17.0. The number of hydrogen-bond donors (Lipinski definition) is 2. The zero-order valence-electron chi connectivity index (χ0n) is 13.3. The average molecular weight is 333 g/mol. The third-order valence-corrected chi connectivity index (χ3v) is 3.81. The number of benzene rings is 1. The normalized spacial score (nSPS) is 10.6. The summed E-state index contributed by atoms with van der Waals surface area (Å²) in [7, 11) is 3.90. The molecule has 0 aliphatic heterocycles. The van der Waals surface area contributed by atoms with Crippen molar-refractivity contribution in [2.45, 2.75) is 6.92 Å². The molecule has 1 aromatic carbocycles. The van der Waals surface area contributed by atoms with E-state index >= 15 is 0 Å². The van der Waals surface area contributed by atoms with E-state index in [0.29, 0.717) is 22.8 Å². The standard InChI is InChI=1S/C15H19N5O2S/c1-10-18-19-15(23-10)14(22)17-12-6-4-11(5-7-12)13(21)16-8-9-20(2)3/h4-7H,8-9H2,1-3H3,(H,16,21)(H,17,22). The minimum atomic E-state index is -0.307. The second kappa shape index (κ2) is 7.80. The molecule has 0 fully saturated rings. The Balaban J connectivity index is 1.91. The summed E-state index contributed by atoms with van der Waals surface area (Å²) in [5.74, 6) is -0.441. The molecule has 2 rings (SSSR count). The minimum Gasteiger partial charge on any atom is -0.351 e. The van der Waals surface area contributed by atoms with E-state index in [0.717, 1.165) is 11.6 Å². The number of likely N-dealkylation sites (N-methyl/N-ethyl adjacent to an activating group) is 1. The van der Waals surface area contributed by atoms with E-state index in [1.807, 2.05) is 19.0 Å². The molecule has 0 saturated carbocycles. The second-order valence-electron chi connectivity index (χ2n) is 5.22. The van der Waals surface area contributed by atoms with Crippen molar-refractivity contribution >= 4 is 28.8 Å². The number of nitrogens with zero attached hydrogens (tertiary/aromatic N) is 3. The van der Waals surface area contributed by atoms with E-state index < -0.39 is 0 Å². The van der Waals surface area contributed by atoms with Gasteiger partial charge < -0.3 is 15.5 Å². The Labute approximate surface area is 138 Å². The zero-order chi connectivity index (χ0) is 16.8. The van der Waals surface area contributed by atoms with Gasteiger partial charge in [0.15, 0.2) is 0 Å². The van der Waals surface area contributed by atoms with Crippen molar-refractivity contribution in [3.63, 3.8) is 0 Å². The number of aryl methyl sites for hydroxylation is 1. The summed E-state index contributed by atoms with van der Waals surface area (Å²) in [6, 6.07) is 6.72. The van der Waals surface area contributed by atoms with E-state index in [1.54, 1.807) is 31.2 Å². The van der Waals surface area contributed by atoms with E-state index in [9.17, 15) is 9.59 Å². The number of amides is 2. The summed E-state index contributed by atoms with van der Waals surface area (Å²) < 4.78 is 0. The van der Waals surface area contributed by atoms with Crippen LogP contribution >= 0.6 is 11.3 Å². The predicted octanol–water partition coefficient (Wildman–Crippen LogP) is 1.39. The van der Waals surface area contributed by atoms with Gasteiger partial charge in [-0.15, -0.1) is 10.2 Å². The van der Waals surface area contributed by atoms with Crippen LogP contribution in [0.3, 0.4) is 0 Å². The Morgan fingerprint density at radius 3 is 2.39 bits per heavy atom. The highest BCUT2D eigenvalue weighted by atomic mass is 32.1. The molecule has 2 N–H and O–H groups in total. The number of carbonyl (C=O) groups is 2. The Hall–Kier alpha value is -2.32. The lowest BCUT2D eigenvalue weighted by molar-refractivity contribution is 0.0950.